The van der Waals surface area contributed by atoms with Crippen molar-refractivity contribution >= 4 is 28.6 Å². The maximum Gasteiger partial charge on any atom is 0.410 e. The van der Waals surface area contributed by atoms with Crippen molar-refractivity contribution in [3.8, 4) is 0 Å². The van der Waals surface area contributed by atoms with E-state index in [9.17, 15) is 4.79 Å². The smallest absolute Gasteiger partial charge is 0.410 e. The van der Waals surface area contributed by atoms with Gasteiger partial charge >= 0.3 is 6.09 Å². The Labute approximate surface area is 109 Å². The molecular formula is C13H13ClN2O2. The second kappa shape index (κ2) is 4.21. The van der Waals surface area contributed by atoms with Crippen LogP contribution in [0.2, 0.25) is 5.02 Å². The highest BCUT2D eigenvalue weighted by atomic mass is 35.5. The number of benzene rings is 1. The normalized spacial score (nSPS) is 14.0. The molecule has 0 spiro atoms. The van der Waals surface area contributed by atoms with Crippen molar-refractivity contribution in [2.75, 3.05) is 6.61 Å². The largest absolute Gasteiger partial charge is 0.450 e. The van der Waals surface area contributed by atoms with Gasteiger partial charge in [0.2, 0.25) is 0 Å². The zero-order chi connectivity index (χ0) is 12.7. The van der Waals surface area contributed by atoms with Gasteiger partial charge in [0.25, 0.3) is 0 Å². The Morgan fingerprint density at radius 1 is 1.50 bits per heavy atom. The van der Waals surface area contributed by atoms with Crippen molar-refractivity contribution in [3.05, 3.63) is 34.5 Å². The molecule has 1 aromatic heterocycles. The fraction of sp³-hybridized carbons (Fsp3) is 0.308. The van der Waals surface area contributed by atoms with Gasteiger partial charge in [-0.15, -0.1) is 0 Å². The molecule has 0 radical (unpaired) electrons. The lowest BCUT2D eigenvalue weighted by Crippen LogP contribution is -2.26. The Bertz CT molecular complexity index is 621. The number of nitrogens with one attached hydrogen (secondary N) is 1. The highest BCUT2D eigenvalue weighted by Crippen LogP contribution is 2.32. The van der Waals surface area contributed by atoms with Crippen molar-refractivity contribution in [1.82, 2.24) is 9.88 Å². The van der Waals surface area contributed by atoms with Gasteiger partial charge in [-0.3, -0.25) is 4.90 Å². The fourth-order valence-electron chi connectivity index (χ4n) is 2.37. The van der Waals surface area contributed by atoms with E-state index in [1.54, 1.807) is 4.90 Å². The van der Waals surface area contributed by atoms with Crippen LogP contribution in [0.3, 0.4) is 0 Å². The number of rotatable bonds is 1. The lowest BCUT2D eigenvalue weighted by Gasteiger charge is -2.14. The third-order valence-electron chi connectivity index (χ3n) is 3.18. The van der Waals surface area contributed by atoms with Crippen molar-refractivity contribution in [2.24, 2.45) is 0 Å². The molecule has 0 bridgehead atoms. The van der Waals surface area contributed by atoms with E-state index in [0.29, 0.717) is 24.7 Å². The first-order valence-electron chi connectivity index (χ1n) is 5.89. The summed E-state index contributed by atoms with van der Waals surface area (Å²) in [6.45, 7) is 3.35. The van der Waals surface area contributed by atoms with Gasteiger partial charge in [-0.2, -0.15) is 0 Å². The summed E-state index contributed by atoms with van der Waals surface area (Å²) in [6.07, 6.45) is -0.266. The quantitative estimate of drug-likeness (QED) is 0.859. The molecule has 0 unspecified atom stereocenters. The van der Waals surface area contributed by atoms with Crippen LogP contribution in [0.25, 0.3) is 10.9 Å². The molecule has 1 aliphatic heterocycles. The van der Waals surface area contributed by atoms with Crippen LogP contribution in [0, 0.1) is 0 Å². The summed E-state index contributed by atoms with van der Waals surface area (Å²) in [5, 5.41) is 1.79. The van der Waals surface area contributed by atoms with Crippen molar-refractivity contribution in [1.29, 1.82) is 0 Å². The Balaban J connectivity index is 1.94. The molecule has 5 heteroatoms. The maximum absolute atomic E-state index is 11.7. The summed E-state index contributed by atoms with van der Waals surface area (Å²) in [5.74, 6) is 0. The Hall–Kier alpha value is -1.68. The van der Waals surface area contributed by atoms with Crippen LogP contribution in [0.4, 0.5) is 4.79 Å². The van der Waals surface area contributed by atoms with E-state index in [-0.39, 0.29) is 6.09 Å². The van der Waals surface area contributed by atoms with Crippen LogP contribution < -0.4 is 0 Å². The van der Waals surface area contributed by atoms with Gasteiger partial charge in [-0.1, -0.05) is 11.6 Å². The SMILES string of the molecule is CCOC(=O)N1Cc2[nH]c3ccc(Cl)cc3c2C1. The topological polar surface area (TPSA) is 45.3 Å². The van der Waals surface area contributed by atoms with Crippen LogP contribution in [0.15, 0.2) is 18.2 Å². The molecule has 0 saturated heterocycles. The molecule has 0 fully saturated rings. The summed E-state index contributed by atoms with van der Waals surface area (Å²) in [4.78, 5) is 16.7. The van der Waals surface area contributed by atoms with Crippen LogP contribution in [0.5, 0.6) is 0 Å². The molecule has 0 saturated carbocycles. The summed E-state index contributed by atoms with van der Waals surface area (Å²) < 4.78 is 5.01. The number of aromatic nitrogens is 1. The van der Waals surface area contributed by atoms with Gasteiger partial charge < -0.3 is 9.72 Å². The number of aromatic amines is 1. The summed E-state index contributed by atoms with van der Waals surface area (Å²) >= 11 is 6.01. The third-order valence-corrected chi connectivity index (χ3v) is 3.42. The summed E-state index contributed by atoms with van der Waals surface area (Å²) in [5.41, 5.74) is 3.27. The highest BCUT2D eigenvalue weighted by molar-refractivity contribution is 6.31. The predicted octanol–water partition coefficient (Wildman–Crippen LogP) is 3.29. The van der Waals surface area contributed by atoms with Crippen molar-refractivity contribution in [2.45, 2.75) is 20.0 Å². The van der Waals surface area contributed by atoms with E-state index in [1.165, 1.54) is 0 Å². The molecule has 3 rings (SSSR count). The Morgan fingerprint density at radius 3 is 3.11 bits per heavy atom. The monoisotopic (exact) mass is 264 g/mol. The minimum Gasteiger partial charge on any atom is -0.450 e. The number of ether oxygens (including phenoxy) is 1. The number of hydrogen-bond donors (Lipinski definition) is 1. The number of amides is 1. The highest BCUT2D eigenvalue weighted by Gasteiger charge is 2.27. The van der Waals surface area contributed by atoms with E-state index in [4.69, 9.17) is 16.3 Å². The zero-order valence-electron chi connectivity index (χ0n) is 10.00. The second-order valence-electron chi connectivity index (χ2n) is 4.33. The predicted molar refractivity (Wildman–Crippen MR) is 69.6 cm³/mol. The number of carbonyl (C=O) groups excluding carboxylic acids is 1. The van der Waals surface area contributed by atoms with E-state index in [1.807, 2.05) is 25.1 Å². The van der Waals surface area contributed by atoms with E-state index in [2.05, 4.69) is 4.98 Å². The lowest BCUT2D eigenvalue weighted by molar-refractivity contribution is 0.106. The Morgan fingerprint density at radius 2 is 2.33 bits per heavy atom. The molecule has 0 atom stereocenters. The molecule has 1 aromatic carbocycles. The number of hydrogen-bond acceptors (Lipinski definition) is 2. The van der Waals surface area contributed by atoms with E-state index in [0.717, 1.165) is 22.2 Å². The standard InChI is InChI=1S/C13H13ClN2O2/c1-2-18-13(17)16-6-10-9-5-8(14)3-4-11(9)15-12(10)7-16/h3-5,15H,2,6-7H2,1H3. The molecular weight excluding hydrogens is 252 g/mol. The van der Waals surface area contributed by atoms with Crippen molar-refractivity contribution in [3.63, 3.8) is 0 Å². The summed E-state index contributed by atoms with van der Waals surface area (Å²) in [6, 6.07) is 5.75. The number of halogens is 1. The van der Waals surface area contributed by atoms with Gasteiger partial charge in [-0.25, -0.2) is 4.79 Å². The zero-order valence-corrected chi connectivity index (χ0v) is 10.8. The molecule has 2 heterocycles. The summed E-state index contributed by atoms with van der Waals surface area (Å²) in [7, 11) is 0. The van der Waals surface area contributed by atoms with E-state index >= 15 is 0 Å². The molecule has 1 aliphatic rings. The molecule has 1 amide bonds. The van der Waals surface area contributed by atoms with Gasteiger partial charge in [0.05, 0.1) is 19.7 Å². The number of nitrogens with zero attached hydrogens (tertiary/aromatic N) is 1. The first kappa shape index (κ1) is 11.4. The second-order valence-corrected chi connectivity index (χ2v) is 4.76. The van der Waals surface area contributed by atoms with Crippen molar-refractivity contribution < 1.29 is 9.53 Å². The maximum atomic E-state index is 11.7. The fourth-order valence-corrected chi connectivity index (χ4v) is 2.54. The van der Waals surface area contributed by atoms with E-state index < -0.39 is 0 Å². The molecule has 0 aliphatic carbocycles. The first-order chi connectivity index (χ1) is 8.69. The molecule has 18 heavy (non-hydrogen) atoms. The minimum atomic E-state index is -0.266. The van der Waals surface area contributed by atoms with Gasteiger partial charge in [0.1, 0.15) is 0 Å². The van der Waals surface area contributed by atoms with Crippen LogP contribution in [-0.2, 0) is 17.8 Å². The van der Waals surface area contributed by atoms with Crippen LogP contribution >= 0.6 is 11.6 Å². The van der Waals surface area contributed by atoms with Crippen LogP contribution in [-0.4, -0.2) is 22.6 Å². The molecule has 4 nitrogen and oxygen atoms in total. The average molecular weight is 265 g/mol. The molecule has 94 valence electrons. The Kier molecular flexibility index (Phi) is 2.67. The minimum absolute atomic E-state index is 0.266. The third kappa shape index (κ3) is 1.73. The average Bonchev–Trinajstić information content (AvgIpc) is 2.87. The first-order valence-corrected chi connectivity index (χ1v) is 6.27. The van der Waals surface area contributed by atoms with Crippen LogP contribution in [0.1, 0.15) is 18.2 Å². The number of H-pyrrole nitrogens is 1. The number of fused-ring (bicyclic) bond motifs is 3. The molecule has 2 aromatic rings. The van der Waals surface area contributed by atoms with Gasteiger partial charge in [0.15, 0.2) is 0 Å². The van der Waals surface area contributed by atoms with Gasteiger partial charge in [0, 0.05) is 27.2 Å². The molecule has 1 N–H and O–H groups in total. The number of carbonyl (C=O) groups is 1. The lowest BCUT2D eigenvalue weighted by atomic mass is 10.1. The van der Waals surface area contributed by atoms with Gasteiger partial charge in [-0.05, 0) is 25.1 Å².